The number of hydrogen-bond donors (Lipinski definition) is 0. The van der Waals surface area contributed by atoms with Crippen molar-refractivity contribution in [3.05, 3.63) is 29.1 Å². The normalized spacial score (nSPS) is 15.4. The average Bonchev–Trinajstić information content (AvgIpc) is 2.43. The SMILES string of the molecule is CC(C)(C)OC(=O)N1CCc2cc(OS(=O)(=O)C(F)(F)F)cc(F)c2C1. The summed E-state index contributed by atoms with van der Waals surface area (Å²) in [6.07, 6.45) is -0.545. The van der Waals surface area contributed by atoms with Crippen molar-refractivity contribution in [1.29, 1.82) is 0 Å². The quantitative estimate of drug-likeness (QED) is 0.433. The smallest absolute Gasteiger partial charge is 0.444 e. The molecular weight excluding hydrogens is 382 g/mol. The Morgan fingerprint density at radius 2 is 1.81 bits per heavy atom. The molecule has 0 fully saturated rings. The van der Waals surface area contributed by atoms with Crippen LogP contribution in [0.5, 0.6) is 5.75 Å². The van der Waals surface area contributed by atoms with Gasteiger partial charge in [0, 0.05) is 18.2 Å². The van der Waals surface area contributed by atoms with Gasteiger partial charge in [-0.05, 0) is 38.8 Å². The van der Waals surface area contributed by atoms with E-state index in [0.29, 0.717) is 6.07 Å². The van der Waals surface area contributed by atoms with Crippen LogP contribution in [0.4, 0.5) is 22.4 Å². The lowest BCUT2D eigenvalue weighted by Gasteiger charge is -2.31. The van der Waals surface area contributed by atoms with Gasteiger partial charge in [0.1, 0.15) is 17.2 Å². The van der Waals surface area contributed by atoms with Gasteiger partial charge in [-0.25, -0.2) is 9.18 Å². The maximum absolute atomic E-state index is 14.2. The van der Waals surface area contributed by atoms with E-state index in [0.717, 1.165) is 6.07 Å². The Balaban J connectivity index is 2.23. The highest BCUT2D eigenvalue weighted by atomic mass is 32.2. The summed E-state index contributed by atoms with van der Waals surface area (Å²) in [5, 5.41) is 0. The van der Waals surface area contributed by atoms with Gasteiger partial charge in [0.05, 0.1) is 6.54 Å². The number of benzene rings is 1. The van der Waals surface area contributed by atoms with Crippen molar-refractivity contribution >= 4 is 16.2 Å². The molecule has 0 saturated heterocycles. The van der Waals surface area contributed by atoms with Crippen LogP contribution in [-0.2, 0) is 27.8 Å². The third-order valence-corrected chi connectivity index (χ3v) is 4.38. The van der Waals surface area contributed by atoms with E-state index >= 15 is 0 Å². The fraction of sp³-hybridized carbons (Fsp3) is 0.533. The second kappa shape index (κ2) is 6.60. The average molecular weight is 399 g/mol. The second-order valence-electron chi connectivity index (χ2n) is 6.68. The molecule has 0 spiro atoms. The molecule has 0 aliphatic carbocycles. The summed E-state index contributed by atoms with van der Waals surface area (Å²) < 4.78 is 82.6. The fourth-order valence-electron chi connectivity index (χ4n) is 2.30. The van der Waals surface area contributed by atoms with Crippen LogP contribution in [0.25, 0.3) is 0 Å². The van der Waals surface area contributed by atoms with Gasteiger partial charge < -0.3 is 13.8 Å². The molecule has 1 aromatic carbocycles. The molecule has 146 valence electrons. The second-order valence-corrected chi connectivity index (χ2v) is 8.22. The van der Waals surface area contributed by atoms with E-state index in [9.17, 15) is 30.8 Å². The zero-order valence-electron chi connectivity index (χ0n) is 14.2. The summed E-state index contributed by atoms with van der Waals surface area (Å²) in [6, 6.07) is 1.56. The summed E-state index contributed by atoms with van der Waals surface area (Å²) in [7, 11) is -5.89. The van der Waals surface area contributed by atoms with E-state index < -0.39 is 38.9 Å². The molecule has 0 atom stereocenters. The summed E-state index contributed by atoms with van der Waals surface area (Å²) >= 11 is 0. The molecule has 1 heterocycles. The summed E-state index contributed by atoms with van der Waals surface area (Å²) in [5.74, 6) is -1.74. The summed E-state index contributed by atoms with van der Waals surface area (Å²) in [5.41, 5.74) is -6.03. The highest BCUT2D eigenvalue weighted by Crippen LogP contribution is 2.31. The molecule has 1 aromatic rings. The van der Waals surface area contributed by atoms with Crippen LogP contribution in [0.2, 0.25) is 0 Å². The van der Waals surface area contributed by atoms with Gasteiger partial charge >= 0.3 is 21.7 Å². The molecule has 0 N–H and O–H groups in total. The third-order valence-electron chi connectivity index (χ3n) is 3.40. The topological polar surface area (TPSA) is 72.9 Å². The molecule has 26 heavy (non-hydrogen) atoms. The number of carbonyl (C=O) groups is 1. The van der Waals surface area contributed by atoms with E-state index in [4.69, 9.17) is 4.74 Å². The number of ether oxygens (including phenoxy) is 1. The predicted molar refractivity (Wildman–Crippen MR) is 82.4 cm³/mol. The van der Waals surface area contributed by atoms with Gasteiger partial charge in [0.25, 0.3) is 0 Å². The predicted octanol–water partition coefficient (Wildman–Crippen LogP) is 3.35. The Hall–Kier alpha value is -2.04. The molecule has 11 heteroatoms. The summed E-state index contributed by atoms with van der Waals surface area (Å²) in [6.45, 7) is 5.01. The van der Waals surface area contributed by atoms with Crippen LogP contribution in [0, 0.1) is 5.82 Å². The number of fused-ring (bicyclic) bond motifs is 1. The first kappa shape index (κ1) is 20.3. The molecule has 2 rings (SSSR count). The van der Waals surface area contributed by atoms with Crippen molar-refractivity contribution < 1.29 is 39.7 Å². The van der Waals surface area contributed by atoms with E-state index in [-0.39, 0.29) is 30.6 Å². The number of halogens is 4. The molecule has 1 aliphatic rings. The number of carbonyl (C=O) groups excluding carboxylic acids is 1. The minimum atomic E-state index is -5.89. The van der Waals surface area contributed by atoms with E-state index in [2.05, 4.69) is 4.18 Å². The monoisotopic (exact) mass is 399 g/mol. The minimum absolute atomic E-state index is 0.0684. The van der Waals surface area contributed by atoms with Gasteiger partial charge in [-0.1, -0.05) is 0 Å². The molecule has 1 aliphatic heterocycles. The van der Waals surface area contributed by atoms with Crippen LogP contribution in [0.15, 0.2) is 12.1 Å². The lowest BCUT2D eigenvalue weighted by Crippen LogP contribution is -2.40. The Bertz CT molecular complexity index is 815. The first-order chi connectivity index (χ1) is 11.7. The Kier molecular flexibility index (Phi) is 5.15. The minimum Gasteiger partial charge on any atom is -0.444 e. The van der Waals surface area contributed by atoms with Crippen molar-refractivity contribution in [2.45, 2.75) is 44.8 Å². The van der Waals surface area contributed by atoms with Gasteiger partial charge in [-0.3, -0.25) is 0 Å². The van der Waals surface area contributed by atoms with Crippen LogP contribution in [0.3, 0.4) is 0 Å². The highest BCUT2D eigenvalue weighted by molar-refractivity contribution is 7.88. The Morgan fingerprint density at radius 3 is 2.35 bits per heavy atom. The maximum atomic E-state index is 14.2. The number of nitrogens with zero attached hydrogens (tertiary/aromatic N) is 1. The van der Waals surface area contributed by atoms with Crippen molar-refractivity contribution in [2.75, 3.05) is 6.54 Å². The zero-order chi connectivity index (χ0) is 19.9. The third kappa shape index (κ3) is 4.57. The molecular formula is C15H17F4NO5S. The molecule has 0 aromatic heterocycles. The maximum Gasteiger partial charge on any atom is 0.534 e. The van der Waals surface area contributed by atoms with Crippen LogP contribution < -0.4 is 4.18 Å². The van der Waals surface area contributed by atoms with Gasteiger partial charge in [0.2, 0.25) is 0 Å². The van der Waals surface area contributed by atoms with Gasteiger partial charge in [-0.15, -0.1) is 0 Å². The molecule has 0 saturated carbocycles. The van der Waals surface area contributed by atoms with Crippen molar-refractivity contribution in [3.8, 4) is 5.75 Å². The lowest BCUT2D eigenvalue weighted by atomic mass is 9.99. The van der Waals surface area contributed by atoms with Crippen molar-refractivity contribution in [3.63, 3.8) is 0 Å². The Morgan fingerprint density at radius 1 is 1.19 bits per heavy atom. The number of amides is 1. The number of rotatable bonds is 2. The van der Waals surface area contributed by atoms with Crippen molar-refractivity contribution in [1.82, 2.24) is 4.90 Å². The van der Waals surface area contributed by atoms with E-state index in [1.807, 2.05) is 0 Å². The fourth-order valence-corrected chi connectivity index (χ4v) is 2.74. The van der Waals surface area contributed by atoms with E-state index in [1.54, 1.807) is 20.8 Å². The number of alkyl halides is 3. The molecule has 6 nitrogen and oxygen atoms in total. The molecule has 0 radical (unpaired) electrons. The molecule has 1 amide bonds. The van der Waals surface area contributed by atoms with Crippen LogP contribution in [-0.4, -0.2) is 37.1 Å². The van der Waals surface area contributed by atoms with Crippen LogP contribution >= 0.6 is 0 Å². The standard InChI is InChI=1S/C15H17F4NO5S/c1-14(2,3)24-13(21)20-5-4-9-6-10(7-12(16)11(9)8-20)25-26(22,23)15(17,18)19/h6-7H,4-5,8H2,1-3H3. The van der Waals surface area contributed by atoms with Gasteiger partial charge in [0.15, 0.2) is 0 Å². The first-order valence-electron chi connectivity index (χ1n) is 7.49. The van der Waals surface area contributed by atoms with Crippen molar-refractivity contribution in [2.24, 2.45) is 0 Å². The highest BCUT2D eigenvalue weighted by Gasteiger charge is 2.48. The number of hydrogen-bond acceptors (Lipinski definition) is 5. The molecule has 0 unspecified atom stereocenters. The largest absolute Gasteiger partial charge is 0.534 e. The lowest BCUT2D eigenvalue weighted by molar-refractivity contribution is -0.0500. The first-order valence-corrected chi connectivity index (χ1v) is 8.90. The molecule has 0 bridgehead atoms. The zero-order valence-corrected chi connectivity index (χ0v) is 15.0. The summed E-state index contributed by atoms with van der Waals surface area (Å²) in [4.78, 5) is 13.3. The van der Waals surface area contributed by atoms with E-state index in [1.165, 1.54) is 4.90 Å². The van der Waals surface area contributed by atoms with Crippen LogP contribution in [0.1, 0.15) is 31.9 Å². The van der Waals surface area contributed by atoms with Gasteiger partial charge in [-0.2, -0.15) is 21.6 Å². The Labute approximate surface area is 147 Å².